The van der Waals surface area contributed by atoms with E-state index >= 15 is 0 Å². The van der Waals surface area contributed by atoms with Crippen LogP contribution in [0, 0.1) is 18.8 Å². The van der Waals surface area contributed by atoms with Gasteiger partial charge in [-0.1, -0.05) is 98.3 Å². The molecule has 2 unspecified atom stereocenters. The highest BCUT2D eigenvalue weighted by molar-refractivity contribution is 4.57. The predicted molar refractivity (Wildman–Crippen MR) is 80.1 cm³/mol. The molecule has 0 spiro atoms. The summed E-state index contributed by atoms with van der Waals surface area (Å²) in [6.45, 7) is 11.0. The van der Waals surface area contributed by atoms with E-state index in [1.54, 1.807) is 0 Å². The zero-order valence-corrected chi connectivity index (χ0v) is 12.6. The van der Waals surface area contributed by atoms with E-state index in [9.17, 15) is 0 Å². The Hall–Kier alpha value is 0. The molecule has 0 rings (SSSR count). The average Bonchev–Trinajstić information content (AvgIpc) is 2.28. The van der Waals surface area contributed by atoms with Crippen molar-refractivity contribution in [2.75, 3.05) is 0 Å². The Morgan fingerprint density at radius 1 is 0.706 bits per heavy atom. The molecule has 0 aliphatic carbocycles. The van der Waals surface area contributed by atoms with E-state index in [1.165, 1.54) is 70.6 Å². The van der Waals surface area contributed by atoms with Crippen LogP contribution >= 0.6 is 0 Å². The Labute approximate surface area is 111 Å². The summed E-state index contributed by atoms with van der Waals surface area (Å²) >= 11 is 0. The van der Waals surface area contributed by atoms with Gasteiger partial charge in [-0.05, 0) is 11.8 Å². The first-order valence-electron chi connectivity index (χ1n) is 7.99. The number of rotatable bonds is 12. The maximum absolute atomic E-state index is 4.04. The van der Waals surface area contributed by atoms with E-state index in [4.69, 9.17) is 0 Å². The van der Waals surface area contributed by atoms with E-state index in [2.05, 4.69) is 27.7 Å². The normalized spacial score (nSPS) is 13.2. The molecule has 0 aliphatic rings. The van der Waals surface area contributed by atoms with Crippen LogP contribution in [0.3, 0.4) is 0 Å². The van der Waals surface area contributed by atoms with Crippen LogP contribution in [0.4, 0.5) is 0 Å². The van der Waals surface area contributed by atoms with E-state index in [0.29, 0.717) is 5.92 Å². The Morgan fingerprint density at radius 3 is 1.71 bits per heavy atom. The summed E-state index contributed by atoms with van der Waals surface area (Å²) in [5.74, 6) is 1.60. The van der Waals surface area contributed by atoms with Crippen molar-refractivity contribution < 1.29 is 0 Å². The zero-order chi connectivity index (χ0) is 12.9. The molecule has 0 aromatic rings. The molecule has 0 aromatic heterocycles. The molecule has 0 bridgehead atoms. The minimum atomic E-state index is 0.644. The molecule has 0 N–H and O–H groups in total. The molecule has 0 aromatic carbocycles. The second-order valence-electron chi connectivity index (χ2n) is 6.05. The molecular weight excluding hydrogens is 204 g/mol. The van der Waals surface area contributed by atoms with Gasteiger partial charge in [0, 0.05) is 0 Å². The van der Waals surface area contributed by atoms with Crippen molar-refractivity contribution in [3.05, 3.63) is 6.92 Å². The van der Waals surface area contributed by atoms with Gasteiger partial charge in [-0.2, -0.15) is 0 Å². The monoisotopic (exact) mass is 239 g/mol. The first-order chi connectivity index (χ1) is 8.16. The van der Waals surface area contributed by atoms with Gasteiger partial charge in [0.15, 0.2) is 0 Å². The number of hydrogen-bond donors (Lipinski definition) is 0. The van der Waals surface area contributed by atoms with Crippen molar-refractivity contribution in [1.82, 2.24) is 0 Å². The van der Waals surface area contributed by atoms with Crippen molar-refractivity contribution in [2.24, 2.45) is 11.8 Å². The lowest BCUT2D eigenvalue weighted by atomic mass is 9.95. The molecule has 0 amide bonds. The molecule has 0 aliphatic heterocycles. The maximum Gasteiger partial charge on any atom is -0.0443 e. The van der Waals surface area contributed by atoms with E-state index in [0.717, 1.165) is 5.92 Å². The summed E-state index contributed by atoms with van der Waals surface area (Å²) in [6.07, 6.45) is 15.6. The molecule has 0 fully saturated rings. The lowest BCUT2D eigenvalue weighted by molar-refractivity contribution is 0.429. The minimum Gasteiger partial charge on any atom is -0.0654 e. The summed E-state index contributed by atoms with van der Waals surface area (Å²) in [4.78, 5) is 0. The van der Waals surface area contributed by atoms with E-state index in [-0.39, 0.29) is 0 Å². The molecular formula is C17H35. The molecule has 0 nitrogen and oxygen atoms in total. The van der Waals surface area contributed by atoms with Crippen LogP contribution < -0.4 is 0 Å². The van der Waals surface area contributed by atoms with Crippen LogP contribution in [0.2, 0.25) is 0 Å². The maximum atomic E-state index is 4.04. The van der Waals surface area contributed by atoms with Crippen LogP contribution in [-0.2, 0) is 0 Å². The molecule has 0 heteroatoms. The molecule has 0 heterocycles. The Morgan fingerprint density at radius 2 is 1.18 bits per heavy atom. The van der Waals surface area contributed by atoms with Gasteiger partial charge in [0.25, 0.3) is 0 Å². The van der Waals surface area contributed by atoms with Crippen molar-refractivity contribution in [1.29, 1.82) is 0 Å². The van der Waals surface area contributed by atoms with Crippen molar-refractivity contribution >= 4 is 0 Å². The first kappa shape index (κ1) is 17.0. The molecule has 0 saturated heterocycles. The first-order valence-corrected chi connectivity index (χ1v) is 7.99. The van der Waals surface area contributed by atoms with Crippen molar-refractivity contribution in [2.45, 2.75) is 91.4 Å². The van der Waals surface area contributed by atoms with Crippen LogP contribution in [0.5, 0.6) is 0 Å². The fourth-order valence-electron chi connectivity index (χ4n) is 2.40. The smallest absolute Gasteiger partial charge is 0.0443 e. The highest BCUT2D eigenvalue weighted by Crippen LogP contribution is 2.18. The van der Waals surface area contributed by atoms with Crippen LogP contribution in [0.1, 0.15) is 91.4 Å². The van der Waals surface area contributed by atoms with Crippen LogP contribution in [0.15, 0.2) is 0 Å². The summed E-state index contributed by atoms with van der Waals surface area (Å²) < 4.78 is 0. The van der Waals surface area contributed by atoms with Gasteiger partial charge in [-0.15, -0.1) is 0 Å². The topological polar surface area (TPSA) is 0 Å². The van der Waals surface area contributed by atoms with Gasteiger partial charge in [0.05, 0.1) is 0 Å². The third-order valence-electron chi connectivity index (χ3n) is 3.69. The molecule has 17 heavy (non-hydrogen) atoms. The SMILES string of the molecule is [CH2]C(C)CCCCCC(C)CCCCCCC. The van der Waals surface area contributed by atoms with Gasteiger partial charge in [0.1, 0.15) is 0 Å². The summed E-state index contributed by atoms with van der Waals surface area (Å²) in [5, 5.41) is 0. The summed E-state index contributed by atoms with van der Waals surface area (Å²) in [7, 11) is 0. The third kappa shape index (κ3) is 13.9. The Bertz CT molecular complexity index is 137. The van der Waals surface area contributed by atoms with E-state index < -0.39 is 0 Å². The Kier molecular flexibility index (Phi) is 12.5. The second kappa shape index (κ2) is 12.5. The highest BCUT2D eigenvalue weighted by atomic mass is 14.1. The van der Waals surface area contributed by atoms with Crippen LogP contribution in [0.25, 0.3) is 0 Å². The quantitative estimate of drug-likeness (QED) is 0.345. The summed E-state index contributed by atoms with van der Waals surface area (Å²) in [5.41, 5.74) is 0. The average molecular weight is 239 g/mol. The van der Waals surface area contributed by atoms with Crippen molar-refractivity contribution in [3.63, 3.8) is 0 Å². The number of hydrogen-bond acceptors (Lipinski definition) is 0. The second-order valence-corrected chi connectivity index (χ2v) is 6.05. The molecule has 1 radical (unpaired) electrons. The van der Waals surface area contributed by atoms with Gasteiger partial charge >= 0.3 is 0 Å². The van der Waals surface area contributed by atoms with Gasteiger partial charge < -0.3 is 0 Å². The lowest BCUT2D eigenvalue weighted by Gasteiger charge is -2.11. The molecule has 0 saturated carbocycles. The van der Waals surface area contributed by atoms with Crippen LogP contribution in [-0.4, -0.2) is 0 Å². The highest BCUT2D eigenvalue weighted by Gasteiger charge is 2.02. The standard InChI is InChI=1S/C17H35/c1-5-6-7-8-11-14-17(4)15-12-9-10-13-16(2)3/h16-17H,2,5-15H2,1,3-4H3. The minimum absolute atomic E-state index is 0.644. The van der Waals surface area contributed by atoms with Gasteiger partial charge in [-0.3, -0.25) is 0 Å². The molecule has 2 atom stereocenters. The fraction of sp³-hybridized carbons (Fsp3) is 0.941. The number of unbranched alkanes of at least 4 members (excludes halogenated alkanes) is 6. The summed E-state index contributed by atoms with van der Waals surface area (Å²) in [6, 6.07) is 0. The van der Waals surface area contributed by atoms with Gasteiger partial charge in [0.2, 0.25) is 0 Å². The van der Waals surface area contributed by atoms with E-state index in [1.807, 2.05) is 0 Å². The lowest BCUT2D eigenvalue weighted by Crippen LogP contribution is -1.95. The zero-order valence-electron chi connectivity index (χ0n) is 12.6. The Balaban J connectivity index is 3.14. The largest absolute Gasteiger partial charge is 0.0654 e. The van der Waals surface area contributed by atoms with Crippen molar-refractivity contribution in [3.8, 4) is 0 Å². The fourth-order valence-corrected chi connectivity index (χ4v) is 2.40. The molecule has 103 valence electrons. The van der Waals surface area contributed by atoms with Gasteiger partial charge in [-0.25, -0.2) is 0 Å². The third-order valence-corrected chi connectivity index (χ3v) is 3.69. The predicted octanol–water partition coefficient (Wildman–Crippen LogP) is 6.40.